The Balaban J connectivity index is 1.49. The molecule has 1 aromatic heterocycles. The van der Waals surface area contributed by atoms with Crippen LogP contribution in [0.15, 0.2) is 29.3 Å². The number of H-pyrrole nitrogens is 1. The minimum Gasteiger partial charge on any atom is -0.326 e. The minimum absolute atomic E-state index is 0.00174. The fourth-order valence-electron chi connectivity index (χ4n) is 2.59. The van der Waals surface area contributed by atoms with E-state index in [4.69, 9.17) is 0 Å². The van der Waals surface area contributed by atoms with Gasteiger partial charge in [-0.05, 0) is 37.5 Å². The largest absolute Gasteiger partial charge is 0.326 e. The Morgan fingerprint density at radius 1 is 1.39 bits per heavy atom. The highest BCUT2D eigenvalue weighted by molar-refractivity contribution is 8.77. The lowest BCUT2D eigenvalue weighted by Gasteiger charge is -2.08. The molecule has 122 valence electrons. The molecule has 1 aromatic carbocycles. The van der Waals surface area contributed by atoms with Gasteiger partial charge in [0.05, 0.1) is 17.2 Å². The molecule has 0 spiro atoms. The average molecular weight is 349 g/mol. The summed E-state index contributed by atoms with van der Waals surface area (Å²) in [6, 6.07) is 5.19. The van der Waals surface area contributed by atoms with Crippen LogP contribution in [0, 0.1) is 0 Å². The van der Waals surface area contributed by atoms with Crippen LogP contribution in [0.1, 0.15) is 32.1 Å². The van der Waals surface area contributed by atoms with Crippen molar-refractivity contribution in [1.29, 1.82) is 0 Å². The van der Waals surface area contributed by atoms with Crippen LogP contribution in [0.2, 0.25) is 0 Å². The first kappa shape index (κ1) is 16.4. The maximum Gasteiger partial charge on any atom is 0.258 e. The van der Waals surface area contributed by atoms with E-state index >= 15 is 0 Å². The minimum atomic E-state index is -0.196. The molecule has 0 radical (unpaired) electrons. The van der Waals surface area contributed by atoms with E-state index in [1.807, 2.05) is 21.6 Å². The molecule has 1 fully saturated rings. The molecule has 7 heteroatoms. The number of nitrogens with one attached hydrogen (secondary N) is 2. The van der Waals surface area contributed by atoms with Crippen LogP contribution in [0.25, 0.3) is 10.9 Å². The first-order valence-electron chi connectivity index (χ1n) is 7.78. The summed E-state index contributed by atoms with van der Waals surface area (Å²) < 4.78 is 0. The van der Waals surface area contributed by atoms with Gasteiger partial charge in [-0.3, -0.25) is 9.59 Å². The number of amides is 1. The number of fused-ring (bicyclic) bond motifs is 1. The van der Waals surface area contributed by atoms with Crippen molar-refractivity contribution in [2.24, 2.45) is 0 Å². The molecule has 2 aromatic rings. The molecule has 1 saturated heterocycles. The smallest absolute Gasteiger partial charge is 0.258 e. The van der Waals surface area contributed by atoms with Gasteiger partial charge in [-0.15, -0.1) is 0 Å². The van der Waals surface area contributed by atoms with Gasteiger partial charge in [-0.2, -0.15) is 0 Å². The van der Waals surface area contributed by atoms with E-state index in [-0.39, 0.29) is 11.5 Å². The number of benzene rings is 1. The predicted octanol–water partition coefficient (Wildman–Crippen LogP) is 3.58. The number of aromatic amines is 1. The molecular formula is C16H19N3O2S2. The summed E-state index contributed by atoms with van der Waals surface area (Å²) >= 11 is 0. The molecule has 2 N–H and O–H groups in total. The monoisotopic (exact) mass is 349 g/mol. The highest BCUT2D eigenvalue weighted by Crippen LogP contribution is 2.39. The summed E-state index contributed by atoms with van der Waals surface area (Å²) in [6.07, 6.45) is 6.38. The van der Waals surface area contributed by atoms with Crippen LogP contribution in [0.5, 0.6) is 0 Å². The molecule has 1 amide bonds. The van der Waals surface area contributed by atoms with Gasteiger partial charge in [0.2, 0.25) is 5.91 Å². The molecule has 1 aliphatic heterocycles. The standard InChI is InChI=1S/C16H19N3O2S2/c20-15(4-2-1-3-12-7-8-22-23-12)19-11-5-6-14-13(9-11)16(21)18-10-17-14/h5-6,9-10,12H,1-4,7-8H2,(H,19,20)(H,17,18,21)/t12-/m0/s1. The molecule has 3 rings (SSSR count). The third-order valence-corrected chi connectivity index (χ3v) is 6.84. The SMILES string of the molecule is O=C(CCCC[C@H]1CCSS1)Nc1ccc2nc[nH]c(=O)c2c1. The Bertz CT molecular complexity index is 741. The average Bonchev–Trinajstić information content (AvgIpc) is 3.06. The number of hydrogen-bond acceptors (Lipinski definition) is 5. The molecule has 0 bridgehead atoms. The molecule has 2 heterocycles. The summed E-state index contributed by atoms with van der Waals surface area (Å²) in [7, 11) is 3.94. The molecule has 0 saturated carbocycles. The third kappa shape index (κ3) is 4.51. The van der Waals surface area contributed by atoms with E-state index in [1.54, 1.807) is 18.2 Å². The molecular weight excluding hydrogens is 330 g/mol. The van der Waals surface area contributed by atoms with Crippen LogP contribution in [0.3, 0.4) is 0 Å². The van der Waals surface area contributed by atoms with Crippen molar-refractivity contribution < 1.29 is 4.79 Å². The topological polar surface area (TPSA) is 74.8 Å². The van der Waals surface area contributed by atoms with Crippen molar-refractivity contribution >= 4 is 44.1 Å². The summed E-state index contributed by atoms with van der Waals surface area (Å²) in [5.74, 6) is 1.25. The van der Waals surface area contributed by atoms with Gasteiger partial charge < -0.3 is 10.3 Å². The summed E-state index contributed by atoms with van der Waals surface area (Å²) in [5.41, 5.74) is 1.07. The Morgan fingerprint density at radius 3 is 3.13 bits per heavy atom. The molecule has 1 aliphatic rings. The van der Waals surface area contributed by atoms with Crippen LogP contribution >= 0.6 is 21.6 Å². The van der Waals surface area contributed by atoms with Crippen LogP contribution < -0.4 is 10.9 Å². The van der Waals surface area contributed by atoms with E-state index in [0.717, 1.165) is 18.1 Å². The van der Waals surface area contributed by atoms with E-state index < -0.39 is 0 Å². The van der Waals surface area contributed by atoms with Gasteiger partial charge >= 0.3 is 0 Å². The number of hydrogen-bond donors (Lipinski definition) is 2. The van der Waals surface area contributed by atoms with Crippen molar-refractivity contribution in [3.63, 3.8) is 0 Å². The zero-order valence-electron chi connectivity index (χ0n) is 12.7. The van der Waals surface area contributed by atoms with Crippen LogP contribution in [0.4, 0.5) is 5.69 Å². The van der Waals surface area contributed by atoms with Gasteiger partial charge in [0.1, 0.15) is 0 Å². The van der Waals surface area contributed by atoms with Crippen molar-refractivity contribution in [1.82, 2.24) is 9.97 Å². The lowest BCUT2D eigenvalue weighted by atomic mass is 10.1. The van der Waals surface area contributed by atoms with E-state index in [2.05, 4.69) is 15.3 Å². The normalized spacial score (nSPS) is 17.5. The Hall–Kier alpha value is -1.47. The molecule has 23 heavy (non-hydrogen) atoms. The molecule has 0 unspecified atom stereocenters. The fraction of sp³-hybridized carbons (Fsp3) is 0.438. The van der Waals surface area contributed by atoms with Gasteiger partial charge in [-0.1, -0.05) is 28.0 Å². The number of rotatable bonds is 6. The number of nitrogens with zero attached hydrogens (tertiary/aromatic N) is 1. The Kier molecular flexibility index (Phi) is 5.61. The summed E-state index contributed by atoms with van der Waals surface area (Å²) in [5, 5.41) is 4.11. The lowest BCUT2D eigenvalue weighted by Crippen LogP contribution is -2.12. The number of carbonyl (C=O) groups is 1. The van der Waals surface area contributed by atoms with Gasteiger partial charge in [0.25, 0.3) is 5.56 Å². The van der Waals surface area contributed by atoms with E-state index in [0.29, 0.717) is 23.0 Å². The second-order valence-electron chi connectivity index (χ2n) is 5.59. The highest BCUT2D eigenvalue weighted by Gasteiger charge is 2.15. The number of unbranched alkanes of at least 4 members (excludes halogenated alkanes) is 1. The fourth-order valence-corrected chi connectivity index (χ4v) is 5.62. The second-order valence-corrected chi connectivity index (χ2v) is 8.37. The first-order valence-corrected chi connectivity index (χ1v) is 10.2. The van der Waals surface area contributed by atoms with E-state index in [9.17, 15) is 9.59 Å². The number of anilines is 1. The van der Waals surface area contributed by atoms with Crippen LogP contribution in [-0.2, 0) is 4.79 Å². The van der Waals surface area contributed by atoms with Gasteiger partial charge in [0.15, 0.2) is 0 Å². The van der Waals surface area contributed by atoms with Crippen LogP contribution in [-0.4, -0.2) is 26.9 Å². The van der Waals surface area contributed by atoms with Crippen molar-refractivity contribution in [3.8, 4) is 0 Å². The Morgan fingerprint density at radius 2 is 2.30 bits per heavy atom. The summed E-state index contributed by atoms with van der Waals surface area (Å²) in [6.45, 7) is 0. The first-order chi connectivity index (χ1) is 11.2. The predicted molar refractivity (Wildman–Crippen MR) is 97.9 cm³/mol. The maximum atomic E-state index is 12.0. The molecule has 0 aliphatic carbocycles. The van der Waals surface area contributed by atoms with Crippen molar-refractivity contribution in [2.75, 3.05) is 11.1 Å². The zero-order chi connectivity index (χ0) is 16.1. The van der Waals surface area contributed by atoms with Gasteiger partial charge in [-0.25, -0.2) is 4.98 Å². The number of carbonyl (C=O) groups excluding carboxylic acids is 1. The van der Waals surface area contributed by atoms with E-state index in [1.165, 1.54) is 24.9 Å². The number of aromatic nitrogens is 2. The quantitative estimate of drug-likeness (QED) is 0.616. The van der Waals surface area contributed by atoms with Crippen molar-refractivity contribution in [2.45, 2.75) is 37.4 Å². The Labute approximate surface area is 142 Å². The maximum absolute atomic E-state index is 12.0. The lowest BCUT2D eigenvalue weighted by molar-refractivity contribution is -0.116. The van der Waals surface area contributed by atoms with Crippen molar-refractivity contribution in [3.05, 3.63) is 34.9 Å². The van der Waals surface area contributed by atoms with Gasteiger partial charge in [0, 0.05) is 23.1 Å². The zero-order valence-corrected chi connectivity index (χ0v) is 14.3. The molecule has 5 nitrogen and oxygen atoms in total. The molecule has 1 atom stereocenters. The second kappa shape index (κ2) is 7.88. The third-order valence-electron chi connectivity index (χ3n) is 3.83. The summed E-state index contributed by atoms with van der Waals surface area (Å²) in [4.78, 5) is 30.4. The highest BCUT2D eigenvalue weighted by atomic mass is 33.1.